The number of methoxy groups -OCH3 is 1. The van der Waals surface area contributed by atoms with E-state index in [4.69, 9.17) is 10.1 Å². The number of halogens is 1. The van der Waals surface area contributed by atoms with Gasteiger partial charge in [-0.2, -0.15) is 0 Å². The van der Waals surface area contributed by atoms with Crippen LogP contribution in [0.2, 0.25) is 0 Å². The van der Waals surface area contributed by atoms with Gasteiger partial charge < -0.3 is 10.1 Å². The van der Waals surface area contributed by atoms with Crippen LogP contribution < -0.4 is 4.74 Å². The minimum atomic E-state index is -0.497. The highest BCUT2D eigenvalue weighted by Crippen LogP contribution is 2.14. The van der Waals surface area contributed by atoms with Crippen LogP contribution in [0.25, 0.3) is 0 Å². The van der Waals surface area contributed by atoms with Crippen LogP contribution in [0.3, 0.4) is 0 Å². The molecule has 1 rings (SSSR count). The van der Waals surface area contributed by atoms with E-state index in [2.05, 4.69) is 4.98 Å². The third-order valence-electron chi connectivity index (χ3n) is 1.84. The number of nitrogens with one attached hydrogen (secondary N) is 1. The van der Waals surface area contributed by atoms with Crippen LogP contribution in [0.4, 0.5) is 4.39 Å². The van der Waals surface area contributed by atoms with E-state index in [9.17, 15) is 4.39 Å². The number of ether oxygens (including phenoxy) is 1. The number of hydrogen-bond donors (Lipinski definition) is 1. The third-order valence-corrected chi connectivity index (χ3v) is 1.84. The fourth-order valence-electron chi connectivity index (χ4n) is 1.12. The Morgan fingerprint density at radius 3 is 2.86 bits per heavy atom. The van der Waals surface area contributed by atoms with E-state index in [1.165, 1.54) is 19.4 Å². The molecule has 0 aliphatic heterocycles. The molecule has 0 fully saturated rings. The summed E-state index contributed by atoms with van der Waals surface area (Å²) in [4.78, 5) is 3.84. The van der Waals surface area contributed by atoms with Crippen molar-refractivity contribution in [3.63, 3.8) is 0 Å². The highest BCUT2D eigenvalue weighted by molar-refractivity contribution is 5.96. The standard InChI is InChI=1S/C10H13FN2O/c1-3-4-9(12)10-8(11)5-7(14-2)6-13-10/h5-6,12H,3-4H2,1-2H3. The second-order valence-corrected chi connectivity index (χ2v) is 2.93. The fourth-order valence-corrected chi connectivity index (χ4v) is 1.12. The summed E-state index contributed by atoms with van der Waals surface area (Å²) in [5.74, 6) is -0.127. The summed E-state index contributed by atoms with van der Waals surface area (Å²) in [5, 5.41) is 7.55. The Balaban J connectivity index is 2.94. The van der Waals surface area contributed by atoms with E-state index in [-0.39, 0.29) is 11.4 Å². The summed E-state index contributed by atoms with van der Waals surface area (Å²) >= 11 is 0. The van der Waals surface area contributed by atoms with Crippen molar-refractivity contribution in [1.29, 1.82) is 5.41 Å². The summed E-state index contributed by atoms with van der Waals surface area (Å²) in [6.45, 7) is 1.94. The van der Waals surface area contributed by atoms with Crippen molar-refractivity contribution in [2.24, 2.45) is 0 Å². The molecule has 0 spiro atoms. The van der Waals surface area contributed by atoms with Crippen LogP contribution in [0.1, 0.15) is 25.5 Å². The second-order valence-electron chi connectivity index (χ2n) is 2.93. The lowest BCUT2D eigenvalue weighted by atomic mass is 10.1. The average molecular weight is 196 g/mol. The highest BCUT2D eigenvalue weighted by Gasteiger charge is 2.09. The van der Waals surface area contributed by atoms with Crippen molar-refractivity contribution < 1.29 is 9.13 Å². The van der Waals surface area contributed by atoms with Crippen molar-refractivity contribution in [3.8, 4) is 5.75 Å². The van der Waals surface area contributed by atoms with Gasteiger partial charge in [-0.05, 0) is 6.42 Å². The zero-order chi connectivity index (χ0) is 10.6. The molecule has 0 aromatic carbocycles. The van der Waals surface area contributed by atoms with E-state index in [0.29, 0.717) is 12.2 Å². The van der Waals surface area contributed by atoms with E-state index >= 15 is 0 Å². The van der Waals surface area contributed by atoms with E-state index in [1.54, 1.807) is 0 Å². The maximum absolute atomic E-state index is 13.3. The van der Waals surface area contributed by atoms with Gasteiger partial charge in [-0.15, -0.1) is 0 Å². The van der Waals surface area contributed by atoms with E-state index in [0.717, 1.165) is 6.42 Å². The molecule has 0 aliphatic carbocycles. The molecular formula is C10H13FN2O. The Bertz CT molecular complexity index is 339. The fraction of sp³-hybridized carbons (Fsp3) is 0.400. The minimum absolute atomic E-state index is 0.118. The van der Waals surface area contributed by atoms with Gasteiger partial charge in [0, 0.05) is 6.07 Å². The number of hydrogen-bond acceptors (Lipinski definition) is 3. The van der Waals surface area contributed by atoms with Crippen molar-refractivity contribution in [1.82, 2.24) is 4.98 Å². The van der Waals surface area contributed by atoms with Crippen molar-refractivity contribution in [2.45, 2.75) is 19.8 Å². The molecule has 0 bridgehead atoms. The number of aromatic nitrogens is 1. The lowest BCUT2D eigenvalue weighted by Gasteiger charge is -2.04. The summed E-state index contributed by atoms with van der Waals surface area (Å²) in [5.41, 5.74) is 0.348. The Morgan fingerprint density at radius 2 is 2.36 bits per heavy atom. The molecular weight excluding hydrogens is 183 g/mol. The molecule has 0 saturated carbocycles. The Labute approximate surface area is 82.4 Å². The molecule has 1 aromatic rings. The van der Waals surface area contributed by atoms with Gasteiger partial charge in [0.2, 0.25) is 0 Å². The van der Waals surface area contributed by atoms with Gasteiger partial charge in [0.05, 0.1) is 19.0 Å². The monoisotopic (exact) mass is 196 g/mol. The Kier molecular flexibility index (Phi) is 3.56. The zero-order valence-electron chi connectivity index (χ0n) is 8.30. The summed E-state index contributed by atoms with van der Waals surface area (Å²) in [6, 6.07) is 1.24. The molecule has 0 radical (unpaired) electrons. The highest BCUT2D eigenvalue weighted by atomic mass is 19.1. The number of pyridine rings is 1. The van der Waals surface area contributed by atoms with Crippen LogP contribution in [0.15, 0.2) is 12.3 Å². The first-order chi connectivity index (χ1) is 6.69. The maximum atomic E-state index is 13.3. The molecule has 0 saturated heterocycles. The normalized spacial score (nSPS) is 9.93. The Hall–Kier alpha value is -1.45. The third kappa shape index (κ3) is 2.28. The molecule has 1 aromatic heterocycles. The predicted molar refractivity (Wildman–Crippen MR) is 52.5 cm³/mol. The smallest absolute Gasteiger partial charge is 0.154 e. The SMILES string of the molecule is CCCC(=N)c1ncc(OC)cc1F. The molecule has 1 N–H and O–H groups in total. The first-order valence-corrected chi connectivity index (χ1v) is 4.46. The first kappa shape index (κ1) is 10.6. The summed E-state index contributed by atoms with van der Waals surface area (Å²) < 4.78 is 18.1. The van der Waals surface area contributed by atoms with Crippen molar-refractivity contribution >= 4 is 5.71 Å². The molecule has 14 heavy (non-hydrogen) atoms. The van der Waals surface area contributed by atoms with Crippen LogP contribution in [-0.2, 0) is 0 Å². The van der Waals surface area contributed by atoms with Crippen molar-refractivity contribution in [2.75, 3.05) is 7.11 Å². The quantitative estimate of drug-likeness (QED) is 0.751. The maximum Gasteiger partial charge on any atom is 0.154 e. The van der Waals surface area contributed by atoms with Gasteiger partial charge in [0.1, 0.15) is 11.4 Å². The molecule has 0 amide bonds. The summed E-state index contributed by atoms with van der Waals surface area (Å²) in [7, 11) is 1.45. The van der Waals surface area contributed by atoms with Crippen LogP contribution >= 0.6 is 0 Å². The van der Waals surface area contributed by atoms with Crippen LogP contribution in [0, 0.1) is 11.2 Å². The number of rotatable bonds is 4. The van der Waals surface area contributed by atoms with Gasteiger partial charge in [-0.1, -0.05) is 13.3 Å². The molecule has 3 nitrogen and oxygen atoms in total. The lowest BCUT2D eigenvalue weighted by Crippen LogP contribution is -2.05. The largest absolute Gasteiger partial charge is 0.495 e. The van der Waals surface area contributed by atoms with E-state index in [1.807, 2.05) is 6.92 Å². The van der Waals surface area contributed by atoms with Gasteiger partial charge >= 0.3 is 0 Å². The minimum Gasteiger partial charge on any atom is -0.495 e. The predicted octanol–water partition coefficient (Wildman–Crippen LogP) is 2.40. The Morgan fingerprint density at radius 1 is 1.64 bits per heavy atom. The molecule has 1 heterocycles. The van der Waals surface area contributed by atoms with E-state index < -0.39 is 5.82 Å². The molecule has 0 unspecified atom stereocenters. The van der Waals surface area contributed by atoms with Gasteiger partial charge in [-0.3, -0.25) is 0 Å². The molecule has 4 heteroatoms. The van der Waals surface area contributed by atoms with Gasteiger partial charge in [0.25, 0.3) is 0 Å². The zero-order valence-corrected chi connectivity index (χ0v) is 8.30. The van der Waals surface area contributed by atoms with Crippen LogP contribution in [0.5, 0.6) is 5.75 Å². The molecule has 0 atom stereocenters. The second kappa shape index (κ2) is 4.69. The van der Waals surface area contributed by atoms with Gasteiger partial charge in [-0.25, -0.2) is 9.37 Å². The number of nitrogens with zero attached hydrogens (tertiary/aromatic N) is 1. The lowest BCUT2D eigenvalue weighted by molar-refractivity contribution is 0.408. The summed E-state index contributed by atoms with van der Waals surface area (Å²) in [6.07, 6.45) is 2.77. The average Bonchev–Trinajstić information content (AvgIpc) is 2.17. The topological polar surface area (TPSA) is 46.0 Å². The van der Waals surface area contributed by atoms with Gasteiger partial charge in [0.15, 0.2) is 5.82 Å². The first-order valence-electron chi connectivity index (χ1n) is 4.46. The molecule has 76 valence electrons. The van der Waals surface area contributed by atoms with Crippen molar-refractivity contribution in [3.05, 3.63) is 23.8 Å². The van der Waals surface area contributed by atoms with Crippen LogP contribution in [-0.4, -0.2) is 17.8 Å². The molecule has 0 aliphatic rings.